The molecule has 0 bridgehead atoms. The highest BCUT2D eigenvalue weighted by atomic mass is 16.5. The summed E-state index contributed by atoms with van der Waals surface area (Å²) >= 11 is 0. The second-order valence-electron chi connectivity index (χ2n) is 5.37. The average molecular weight is 343 g/mol. The van der Waals surface area contributed by atoms with Gasteiger partial charge in [-0.1, -0.05) is 18.2 Å². The first-order valence-electron chi connectivity index (χ1n) is 7.71. The van der Waals surface area contributed by atoms with Gasteiger partial charge < -0.3 is 19.1 Å². The minimum atomic E-state index is -0.210. The van der Waals surface area contributed by atoms with Crippen molar-refractivity contribution in [1.82, 2.24) is 4.90 Å². The van der Waals surface area contributed by atoms with E-state index in [9.17, 15) is 9.59 Å². The molecule has 0 fully saturated rings. The number of rotatable bonds is 8. The molecule has 0 aromatic heterocycles. The lowest BCUT2D eigenvalue weighted by atomic mass is 10.2. The van der Waals surface area contributed by atoms with Gasteiger partial charge in [-0.25, -0.2) is 0 Å². The Morgan fingerprint density at radius 2 is 1.84 bits per heavy atom. The zero-order valence-corrected chi connectivity index (χ0v) is 14.5. The van der Waals surface area contributed by atoms with E-state index in [1.165, 1.54) is 7.11 Å². The average Bonchev–Trinajstić information content (AvgIpc) is 2.66. The number of methoxy groups -OCH3 is 2. The van der Waals surface area contributed by atoms with E-state index in [4.69, 9.17) is 14.2 Å². The Balaban J connectivity index is 1.99. The molecule has 0 radical (unpaired) electrons. The van der Waals surface area contributed by atoms with Crippen LogP contribution in [0.3, 0.4) is 0 Å². The number of nitrogens with zero attached hydrogens (tertiary/aromatic N) is 1. The van der Waals surface area contributed by atoms with Gasteiger partial charge in [-0.05, 0) is 24.3 Å². The van der Waals surface area contributed by atoms with E-state index in [0.717, 1.165) is 11.3 Å². The van der Waals surface area contributed by atoms with E-state index in [1.807, 2.05) is 24.3 Å². The highest BCUT2D eigenvalue weighted by molar-refractivity contribution is 5.81. The maximum absolute atomic E-state index is 12.3. The second-order valence-corrected chi connectivity index (χ2v) is 5.37. The van der Waals surface area contributed by atoms with Gasteiger partial charge in [0, 0.05) is 19.2 Å². The maximum atomic E-state index is 12.3. The fourth-order valence-electron chi connectivity index (χ4n) is 2.30. The Bertz CT molecular complexity index is 744. The zero-order valence-electron chi connectivity index (χ0n) is 14.5. The Morgan fingerprint density at radius 1 is 1.08 bits per heavy atom. The lowest BCUT2D eigenvalue weighted by Gasteiger charge is -2.19. The molecule has 0 aliphatic heterocycles. The van der Waals surface area contributed by atoms with Crippen molar-refractivity contribution >= 4 is 12.2 Å². The van der Waals surface area contributed by atoms with Gasteiger partial charge in [0.05, 0.1) is 19.8 Å². The Morgan fingerprint density at radius 3 is 2.52 bits per heavy atom. The van der Waals surface area contributed by atoms with Crippen molar-refractivity contribution < 1.29 is 23.8 Å². The predicted molar refractivity (Wildman–Crippen MR) is 93.3 cm³/mol. The summed E-state index contributed by atoms with van der Waals surface area (Å²) in [6, 6.07) is 12.3. The molecule has 0 saturated heterocycles. The number of carbonyl (C=O) groups is 2. The van der Waals surface area contributed by atoms with E-state index in [1.54, 1.807) is 37.3 Å². The number of para-hydroxylation sites is 1. The minimum absolute atomic E-state index is 0.168. The molecule has 132 valence electrons. The number of hydrogen-bond donors (Lipinski definition) is 0. The first-order chi connectivity index (χ1) is 12.1. The Kier molecular flexibility index (Phi) is 6.39. The molecule has 6 heteroatoms. The van der Waals surface area contributed by atoms with Crippen LogP contribution in [0.15, 0.2) is 42.5 Å². The summed E-state index contributed by atoms with van der Waals surface area (Å²) in [7, 11) is 4.79. The van der Waals surface area contributed by atoms with Crippen molar-refractivity contribution in [2.24, 2.45) is 0 Å². The molecular weight excluding hydrogens is 322 g/mol. The normalized spacial score (nSPS) is 10.0. The van der Waals surface area contributed by atoms with Crippen LogP contribution in [0.5, 0.6) is 17.2 Å². The molecule has 0 spiro atoms. The molecule has 1 amide bonds. The lowest BCUT2D eigenvalue weighted by molar-refractivity contribution is -0.132. The molecule has 0 heterocycles. The molecule has 0 N–H and O–H groups in total. The Labute approximate surface area is 146 Å². The van der Waals surface area contributed by atoms with Crippen LogP contribution < -0.4 is 14.2 Å². The molecule has 0 aliphatic carbocycles. The standard InChI is InChI=1S/C19H21NO5/c1-20(11-14-6-4-5-7-17(14)24-3)19(22)13-25-18-9-8-16(23-2)10-15(18)12-21/h4-10,12H,11,13H2,1-3H3. The molecular formula is C19H21NO5. The first kappa shape index (κ1) is 18.3. The van der Waals surface area contributed by atoms with Crippen molar-refractivity contribution in [3.8, 4) is 17.2 Å². The molecule has 25 heavy (non-hydrogen) atoms. The number of carbonyl (C=O) groups excluding carboxylic acids is 2. The Hall–Kier alpha value is -3.02. The van der Waals surface area contributed by atoms with E-state index in [2.05, 4.69) is 0 Å². The number of likely N-dealkylation sites (N-methyl/N-ethyl adjacent to an activating group) is 1. The van der Waals surface area contributed by atoms with Crippen molar-refractivity contribution in [1.29, 1.82) is 0 Å². The summed E-state index contributed by atoms with van der Waals surface area (Å²) in [5.41, 5.74) is 1.23. The van der Waals surface area contributed by atoms with Crippen LogP contribution in [0.2, 0.25) is 0 Å². The molecule has 2 rings (SSSR count). The molecule has 0 atom stereocenters. The van der Waals surface area contributed by atoms with E-state index < -0.39 is 0 Å². The number of benzene rings is 2. The quantitative estimate of drug-likeness (QED) is 0.689. The van der Waals surface area contributed by atoms with Crippen LogP contribution in [0.4, 0.5) is 0 Å². The van der Waals surface area contributed by atoms with Crippen LogP contribution in [0, 0.1) is 0 Å². The van der Waals surface area contributed by atoms with Gasteiger partial charge in [-0.3, -0.25) is 9.59 Å². The monoisotopic (exact) mass is 343 g/mol. The topological polar surface area (TPSA) is 65.1 Å². The largest absolute Gasteiger partial charge is 0.497 e. The van der Waals surface area contributed by atoms with E-state index in [-0.39, 0.29) is 12.5 Å². The van der Waals surface area contributed by atoms with Gasteiger partial charge in [0.1, 0.15) is 17.2 Å². The summed E-state index contributed by atoms with van der Waals surface area (Å²) < 4.78 is 15.8. The predicted octanol–water partition coefficient (Wildman–Crippen LogP) is 2.55. The van der Waals surface area contributed by atoms with Crippen LogP contribution in [-0.2, 0) is 11.3 Å². The third-order valence-corrected chi connectivity index (χ3v) is 3.72. The highest BCUT2D eigenvalue weighted by Crippen LogP contribution is 2.23. The molecule has 0 unspecified atom stereocenters. The molecule has 6 nitrogen and oxygen atoms in total. The number of hydrogen-bond acceptors (Lipinski definition) is 5. The van der Waals surface area contributed by atoms with Gasteiger partial charge in [0.15, 0.2) is 12.9 Å². The third-order valence-electron chi connectivity index (χ3n) is 3.72. The lowest BCUT2D eigenvalue weighted by Crippen LogP contribution is -2.31. The van der Waals surface area contributed by atoms with Crippen LogP contribution in [0.25, 0.3) is 0 Å². The summed E-state index contributed by atoms with van der Waals surface area (Å²) in [6.45, 7) is 0.230. The molecule has 0 aliphatic rings. The van der Waals surface area contributed by atoms with Crippen LogP contribution >= 0.6 is 0 Å². The first-order valence-corrected chi connectivity index (χ1v) is 7.71. The molecule has 2 aromatic rings. The third kappa shape index (κ3) is 4.73. The molecule has 0 saturated carbocycles. The highest BCUT2D eigenvalue weighted by Gasteiger charge is 2.14. The van der Waals surface area contributed by atoms with Crippen LogP contribution in [-0.4, -0.2) is 45.0 Å². The SMILES string of the molecule is COc1ccc(OCC(=O)N(C)Cc2ccccc2OC)c(C=O)c1. The summed E-state index contributed by atoms with van der Waals surface area (Å²) in [5.74, 6) is 1.41. The maximum Gasteiger partial charge on any atom is 0.260 e. The van der Waals surface area contributed by atoms with Crippen molar-refractivity contribution in [3.63, 3.8) is 0 Å². The zero-order chi connectivity index (χ0) is 18.2. The fraction of sp³-hybridized carbons (Fsp3) is 0.263. The minimum Gasteiger partial charge on any atom is -0.497 e. The second kappa shape index (κ2) is 8.73. The van der Waals surface area contributed by atoms with Crippen molar-refractivity contribution in [2.45, 2.75) is 6.54 Å². The van der Waals surface area contributed by atoms with Gasteiger partial charge >= 0.3 is 0 Å². The van der Waals surface area contributed by atoms with Gasteiger partial charge in [-0.2, -0.15) is 0 Å². The number of amides is 1. The van der Waals surface area contributed by atoms with E-state index in [0.29, 0.717) is 29.9 Å². The molecule has 2 aromatic carbocycles. The number of ether oxygens (including phenoxy) is 3. The van der Waals surface area contributed by atoms with Crippen LogP contribution in [0.1, 0.15) is 15.9 Å². The fourth-order valence-corrected chi connectivity index (χ4v) is 2.30. The van der Waals surface area contributed by atoms with Gasteiger partial charge in [0.25, 0.3) is 5.91 Å². The van der Waals surface area contributed by atoms with Crippen molar-refractivity contribution in [3.05, 3.63) is 53.6 Å². The van der Waals surface area contributed by atoms with Crippen molar-refractivity contribution in [2.75, 3.05) is 27.9 Å². The summed E-state index contributed by atoms with van der Waals surface area (Å²) in [5, 5.41) is 0. The smallest absolute Gasteiger partial charge is 0.260 e. The van der Waals surface area contributed by atoms with E-state index >= 15 is 0 Å². The number of aldehydes is 1. The summed E-state index contributed by atoms with van der Waals surface area (Å²) in [6.07, 6.45) is 0.668. The van der Waals surface area contributed by atoms with Gasteiger partial charge in [-0.15, -0.1) is 0 Å². The summed E-state index contributed by atoms with van der Waals surface area (Å²) in [4.78, 5) is 25.0. The van der Waals surface area contributed by atoms with Gasteiger partial charge in [0.2, 0.25) is 0 Å².